The van der Waals surface area contributed by atoms with Crippen LogP contribution in [0.5, 0.6) is 5.75 Å². The minimum Gasteiger partial charge on any atom is -0.494 e. The van der Waals surface area contributed by atoms with Crippen LogP contribution in [0.25, 0.3) is 0 Å². The number of benzene rings is 1. The summed E-state index contributed by atoms with van der Waals surface area (Å²) in [6.07, 6.45) is 0.819. The number of ether oxygens (including phenoxy) is 1. The Morgan fingerprint density at radius 2 is 2.00 bits per heavy atom. The first-order valence-electron chi connectivity index (χ1n) is 6.70. The van der Waals surface area contributed by atoms with Crippen LogP contribution in [-0.4, -0.2) is 25.1 Å². The van der Waals surface area contributed by atoms with Crippen molar-refractivity contribution in [1.29, 1.82) is 0 Å². The van der Waals surface area contributed by atoms with E-state index in [0.29, 0.717) is 17.1 Å². The van der Waals surface area contributed by atoms with E-state index < -0.39 is 12.1 Å². The zero-order chi connectivity index (χ0) is 16.0. The van der Waals surface area contributed by atoms with E-state index in [1.807, 2.05) is 13.8 Å². The molecular weight excluding hydrogens is 272 g/mol. The Bertz CT molecular complexity index is 519. The Morgan fingerprint density at radius 3 is 2.52 bits per heavy atom. The highest BCUT2D eigenvalue weighted by molar-refractivity contribution is 5.96. The molecular formula is C14H22N4O3. The molecule has 21 heavy (non-hydrogen) atoms. The van der Waals surface area contributed by atoms with Crippen molar-refractivity contribution in [2.45, 2.75) is 26.3 Å². The van der Waals surface area contributed by atoms with Gasteiger partial charge in [-0.05, 0) is 18.1 Å². The summed E-state index contributed by atoms with van der Waals surface area (Å²) in [6.45, 7) is 3.90. The first kappa shape index (κ1) is 16.8. The van der Waals surface area contributed by atoms with Crippen LogP contribution in [0.3, 0.4) is 0 Å². The highest BCUT2D eigenvalue weighted by Gasteiger charge is 2.19. The summed E-state index contributed by atoms with van der Waals surface area (Å²) in [5.74, 6) is 0.216. The number of anilines is 2. The number of nitrogens with one attached hydrogen (secondary N) is 2. The summed E-state index contributed by atoms with van der Waals surface area (Å²) < 4.78 is 5.14. The number of nitrogens with two attached hydrogens (primary N) is 2. The molecule has 0 radical (unpaired) electrons. The van der Waals surface area contributed by atoms with Crippen molar-refractivity contribution in [3.63, 3.8) is 0 Å². The largest absolute Gasteiger partial charge is 0.494 e. The molecule has 7 nitrogen and oxygen atoms in total. The number of urea groups is 1. The summed E-state index contributed by atoms with van der Waals surface area (Å²) in [5, 5.41) is 5.16. The van der Waals surface area contributed by atoms with Gasteiger partial charge in [0.25, 0.3) is 0 Å². The fraction of sp³-hybridized carbons (Fsp3) is 0.429. The zero-order valence-electron chi connectivity index (χ0n) is 12.5. The molecule has 0 fully saturated rings. The number of hydrogen-bond donors (Lipinski definition) is 4. The van der Waals surface area contributed by atoms with Gasteiger partial charge in [-0.3, -0.25) is 4.79 Å². The number of primary amides is 1. The SMILES string of the molecule is CCC(C)C(N)C(=O)Nc1ccc(NC(N)=O)c(OC)c1. The lowest BCUT2D eigenvalue weighted by atomic mass is 9.99. The monoisotopic (exact) mass is 294 g/mol. The summed E-state index contributed by atoms with van der Waals surface area (Å²) >= 11 is 0. The maximum absolute atomic E-state index is 12.0. The molecule has 6 N–H and O–H groups in total. The summed E-state index contributed by atoms with van der Waals surface area (Å²) in [5.41, 5.74) is 11.9. The molecule has 0 bridgehead atoms. The van der Waals surface area contributed by atoms with Gasteiger partial charge in [-0.1, -0.05) is 20.3 Å². The van der Waals surface area contributed by atoms with E-state index in [2.05, 4.69) is 10.6 Å². The molecule has 0 saturated heterocycles. The molecule has 2 atom stereocenters. The smallest absolute Gasteiger partial charge is 0.316 e. The van der Waals surface area contributed by atoms with Crippen LogP contribution in [0.2, 0.25) is 0 Å². The van der Waals surface area contributed by atoms with Crippen molar-refractivity contribution in [3.05, 3.63) is 18.2 Å². The second-order valence-corrected chi connectivity index (χ2v) is 4.80. The number of rotatable bonds is 6. The molecule has 1 rings (SSSR count). The molecule has 0 aliphatic rings. The fourth-order valence-electron chi connectivity index (χ4n) is 1.74. The standard InChI is InChI=1S/C14H22N4O3/c1-4-8(2)12(15)13(19)17-9-5-6-10(18-14(16)20)11(7-9)21-3/h5-8,12H,4,15H2,1-3H3,(H,17,19)(H3,16,18,20). The van der Waals surface area contributed by atoms with Crippen molar-refractivity contribution in [3.8, 4) is 5.75 Å². The van der Waals surface area contributed by atoms with Crippen molar-refractivity contribution < 1.29 is 14.3 Å². The van der Waals surface area contributed by atoms with Gasteiger partial charge < -0.3 is 26.8 Å². The summed E-state index contributed by atoms with van der Waals surface area (Å²) in [6, 6.07) is 3.54. The van der Waals surface area contributed by atoms with Gasteiger partial charge in [0.15, 0.2) is 0 Å². The van der Waals surface area contributed by atoms with Crippen LogP contribution in [0.1, 0.15) is 20.3 Å². The second-order valence-electron chi connectivity index (χ2n) is 4.80. The highest BCUT2D eigenvalue weighted by atomic mass is 16.5. The van der Waals surface area contributed by atoms with Crippen LogP contribution in [0.15, 0.2) is 18.2 Å². The molecule has 0 saturated carbocycles. The van der Waals surface area contributed by atoms with Gasteiger partial charge in [-0.15, -0.1) is 0 Å². The van der Waals surface area contributed by atoms with Crippen LogP contribution in [0, 0.1) is 5.92 Å². The lowest BCUT2D eigenvalue weighted by Crippen LogP contribution is -2.40. The van der Waals surface area contributed by atoms with Gasteiger partial charge in [-0.25, -0.2) is 4.79 Å². The van der Waals surface area contributed by atoms with E-state index in [0.717, 1.165) is 6.42 Å². The first-order valence-corrected chi connectivity index (χ1v) is 6.70. The topological polar surface area (TPSA) is 119 Å². The average Bonchev–Trinajstić information content (AvgIpc) is 2.46. The van der Waals surface area contributed by atoms with E-state index in [9.17, 15) is 9.59 Å². The van der Waals surface area contributed by atoms with Crippen LogP contribution in [0.4, 0.5) is 16.2 Å². The molecule has 0 aliphatic heterocycles. The Hall–Kier alpha value is -2.28. The second kappa shape index (κ2) is 7.49. The van der Waals surface area contributed by atoms with E-state index in [4.69, 9.17) is 16.2 Å². The Labute approximate surface area is 124 Å². The van der Waals surface area contributed by atoms with Crippen LogP contribution in [-0.2, 0) is 4.79 Å². The molecule has 7 heteroatoms. The molecule has 2 unspecified atom stereocenters. The third-order valence-corrected chi connectivity index (χ3v) is 3.29. The fourth-order valence-corrected chi connectivity index (χ4v) is 1.74. The minimum absolute atomic E-state index is 0.0858. The molecule has 0 aromatic heterocycles. The van der Waals surface area contributed by atoms with E-state index in [1.54, 1.807) is 18.2 Å². The highest BCUT2D eigenvalue weighted by Crippen LogP contribution is 2.28. The van der Waals surface area contributed by atoms with Gasteiger partial charge in [0.05, 0.1) is 18.8 Å². The van der Waals surface area contributed by atoms with Gasteiger partial charge in [0.1, 0.15) is 5.75 Å². The molecule has 0 spiro atoms. The van der Waals surface area contributed by atoms with Crippen molar-refractivity contribution >= 4 is 23.3 Å². The van der Waals surface area contributed by atoms with E-state index >= 15 is 0 Å². The van der Waals surface area contributed by atoms with Crippen LogP contribution < -0.4 is 26.8 Å². The van der Waals surface area contributed by atoms with Crippen molar-refractivity contribution in [1.82, 2.24) is 0 Å². The normalized spacial score (nSPS) is 13.1. The molecule has 3 amide bonds. The number of carbonyl (C=O) groups excluding carboxylic acids is 2. The summed E-state index contributed by atoms with van der Waals surface area (Å²) in [7, 11) is 1.46. The number of methoxy groups -OCH3 is 1. The Kier molecular flexibility index (Phi) is 5.98. The Balaban J connectivity index is 2.85. The number of amides is 3. The number of hydrogen-bond acceptors (Lipinski definition) is 4. The zero-order valence-corrected chi connectivity index (χ0v) is 12.5. The lowest BCUT2D eigenvalue weighted by Gasteiger charge is -2.18. The minimum atomic E-state index is -0.691. The molecule has 1 aromatic rings. The van der Waals surface area contributed by atoms with Crippen molar-refractivity contribution in [2.24, 2.45) is 17.4 Å². The molecule has 116 valence electrons. The maximum Gasteiger partial charge on any atom is 0.316 e. The lowest BCUT2D eigenvalue weighted by molar-refractivity contribution is -0.118. The van der Waals surface area contributed by atoms with Gasteiger partial charge in [0.2, 0.25) is 5.91 Å². The maximum atomic E-state index is 12.0. The predicted molar refractivity (Wildman–Crippen MR) is 82.3 cm³/mol. The summed E-state index contributed by atoms with van der Waals surface area (Å²) in [4.78, 5) is 22.9. The van der Waals surface area contributed by atoms with Gasteiger partial charge >= 0.3 is 6.03 Å². The van der Waals surface area contributed by atoms with Crippen LogP contribution >= 0.6 is 0 Å². The quantitative estimate of drug-likeness (QED) is 0.635. The van der Waals surface area contributed by atoms with Crippen molar-refractivity contribution in [2.75, 3.05) is 17.7 Å². The van der Waals surface area contributed by atoms with Gasteiger partial charge in [-0.2, -0.15) is 0 Å². The van der Waals surface area contributed by atoms with E-state index in [-0.39, 0.29) is 11.8 Å². The van der Waals surface area contributed by atoms with E-state index in [1.165, 1.54) is 7.11 Å². The van der Waals surface area contributed by atoms with Gasteiger partial charge in [0, 0.05) is 11.8 Å². The predicted octanol–water partition coefficient (Wildman–Crippen LogP) is 1.50. The Morgan fingerprint density at radius 1 is 1.33 bits per heavy atom. The first-order chi connectivity index (χ1) is 9.88. The molecule has 1 aromatic carbocycles. The third-order valence-electron chi connectivity index (χ3n) is 3.29. The molecule has 0 heterocycles. The average molecular weight is 294 g/mol. The molecule has 0 aliphatic carbocycles. The number of carbonyl (C=O) groups is 2. The third kappa shape index (κ3) is 4.64.